The molecule has 1 N–H and O–H groups in total. The van der Waals surface area contributed by atoms with Crippen molar-refractivity contribution in [1.82, 2.24) is 9.88 Å². The standard InChI is InChI=1S/C22H16N4O2/c23-12-16-11-22(17-5-1-2-6-18(17)25-21(22)28)13-26(16)20(27)15-8-7-14-4-3-9-24-19(14)10-15/h1-10,16H,11,13H2,(H,25,28)/t16-,22-/m0/s1. The Hall–Kier alpha value is -3.72. The fourth-order valence-corrected chi connectivity index (χ4v) is 4.33. The molecule has 6 heteroatoms. The second kappa shape index (κ2) is 5.89. The van der Waals surface area contributed by atoms with E-state index in [1.165, 1.54) is 4.90 Å². The summed E-state index contributed by atoms with van der Waals surface area (Å²) in [6.07, 6.45) is 1.98. The first-order chi connectivity index (χ1) is 13.6. The highest BCUT2D eigenvalue weighted by Gasteiger charge is 2.55. The van der Waals surface area contributed by atoms with Gasteiger partial charge in [-0.3, -0.25) is 14.6 Å². The third-order valence-corrected chi connectivity index (χ3v) is 5.75. The normalized spacial score (nSPS) is 22.9. The van der Waals surface area contributed by atoms with Gasteiger partial charge in [-0.05, 0) is 29.8 Å². The number of nitriles is 1. The fraction of sp³-hybridized carbons (Fsp3) is 0.182. The number of nitrogens with zero attached hydrogens (tertiary/aromatic N) is 3. The molecular formula is C22H16N4O2. The predicted molar refractivity (Wildman–Crippen MR) is 104 cm³/mol. The molecule has 0 saturated carbocycles. The predicted octanol–water partition coefficient (Wildman–Crippen LogP) is 2.86. The smallest absolute Gasteiger partial charge is 0.255 e. The molecule has 5 rings (SSSR count). The van der Waals surface area contributed by atoms with Crippen LogP contribution in [0, 0.1) is 11.3 Å². The number of fused-ring (bicyclic) bond motifs is 3. The van der Waals surface area contributed by atoms with Gasteiger partial charge in [-0.2, -0.15) is 5.26 Å². The maximum Gasteiger partial charge on any atom is 0.255 e. The van der Waals surface area contributed by atoms with Crippen LogP contribution in [0.15, 0.2) is 60.8 Å². The molecule has 28 heavy (non-hydrogen) atoms. The first-order valence-corrected chi connectivity index (χ1v) is 9.09. The third kappa shape index (κ3) is 2.23. The van der Waals surface area contributed by atoms with Crippen molar-refractivity contribution in [3.05, 3.63) is 71.9 Å². The molecule has 2 aromatic carbocycles. The van der Waals surface area contributed by atoms with E-state index in [0.29, 0.717) is 12.0 Å². The van der Waals surface area contributed by atoms with Crippen molar-refractivity contribution in [2.75, 3.05) is 11.9 Å². The Kier molecular flexibility index (Phi) is 3.46. The molecule has 0 unspecified atom stereocenters. The number of carbonyl (C=O) groups excluding carboxylic acids is 2. The van der Waals surface area contributed by atoms with Crippen LogP contribution < -0.4 is 5.32 Å². The first-order valence-electron chi connectivity index (χ1n) is 9.09. The zero-order valence-corrected chi connectivity index (χ0v) is 14.9. The molecule has 6 nitrogen and oxygen atoms in total. The number of nitrogens with one attached hydrogen (secondary N) is 1. The number of amides is 2. The zero-order chi connectivity index (χ0) is 19.3. The van der Waals surface area contributed by atoms with E-state index in [4.69, 9.17) is 0 Å². The van der Waals surface area contributed by atoms with Crippen LogP contribution in [0.5, 0.6) is 0 Å². The summed E-state index contributed by atoms with van der Waals surface area (Å²) in [7, 11) is 0. The lowest BCUT2D eigenvalue weighted by Crippen LogP contribution is -2.40. The molecule has 1 fully saturated rings. The zero-order valence-electron chi connectivity index (χ0n) is 14.9. The van der Waals surface area contributed by atoms with Gasteiger partial charge in [-0.25, -0.2) is 0 Å². The number of carbonyl (C=O) groups is 2. The SMILES string of the molecule is N#C[C@@H]1C[C@@]2(CN1C(=O)c1ccc3cccnc3c1)C(=O)Nc1ccccc12. The Morgan fingerprint density at radius 1 is 1.21 bits per heavy atom. The minimum absolute atomic E-state index is 0.149. The van der Waals surface area contributed by atoms with Gasteiger partial charge >= 0.3 is 0 Å². The van der Waals surface area contributed by atoms with Crippen molar-refractivity contribution in [2.24, 2.45) is 0 Å². The number of para-hydroxylation sites is 1. The van der Waals surface area contributed by atoms with Crippen LogP contribution in [0.3, 0.4) is 0 Å². The molecule has 0 bridgehead atoms. The summed E-state index contributed by atoms with van der Waals surface area (Å²) in [5.41, 5.74) is 1.93. The van der Waals surface area contributed by atoms with Crippen LogP contribution in [0.25, 0.3) is 10.9 Å². The lowest BCUT2D eigenvalue weighted by molar-refractivity contribution is -0.120. The van der Waals surface area contributed by atoms with E-state index in [-0.39, 0.29) is 18.4 Å². The number of hydrogen-bond donors (Lipinski definition) is 1. The third-order valence-electron chi connectivity index (χ3n) is 5.75. The molecule has 2 aliphatic rings. The van der Waals surface area contributed by atoms with Crippen LogP contribution in [-0.4, -0.2) is 34.3 Å². The van der Waals surface area contributed by atoms with Gasteiger partial charge in [0, 0.05) is 35.8 Å². The molecule has 0 aliphatic carbocycles. The van der Waals surface area contributed by atoms with Crippen LogP contribution in [0.4, 0.5) is 5.69 Å². The van der Waals surface area contributed by atoms with E-state index in [1.54, 1.807) is 18.3 Å². The van der Waals surface area contributed by atoms with Gasteiger partial charge in [-0.1, -0.05) is 30.3 Å². The van der Waals surface area contributed by atoms with E-state index in [1.807, 2.05) is 42.5 Å². The summed E-state index contributed by atoms with van der Waals surface area (Å²) in [5.74, 6) is -0.405. The molecule has 1 saturated heterocycles. The highest BCUT2D eigenvalue weighted by molar-refractivity contribution is 6.08. The van der Waals surface area contributed by atoms with Gasteiger partial charge in [0.2, 0.25) is 5.91 Å². The van der Waals surface area contributed by atoms with E-state index < -0.39 is 11.5 Å². The topological polar surface area (TPSA) is 86.1 Å². The van der Waals surface area contributed by atoms with E-state index in [2.05, 4.69) is 16.4 Å². The maximum atomic E-state index is 13.2. The molecule has 2 amide bonds. The van der Waals surface area contributed by atoms with E-state index >= 15 is 0 Å². The second-order valence-electron chi connectivity index (χ2n) is 7.27. The van der Waals surface area contributed by atoms with Gasteiger partial charge in [0.25, 0.3) is 5.91 Å². The quantitative estimate of drug-likeness (QED) is 0.716. The lowest BCUT2D eigenvalue weighted by atomic mass is 9.80. The number of pyridine rings is 1. The summed E-state index contributed by atoms with van der Waals surface area (Å²) in [5, 5.41) is 13.5. The molecular weight excluding hydrogens is 352 g/mol. The lowest BCUT2D eigenvalue weighted by Gasteiger charge is -2.23. The van der Waals surface area contributed by atoms with Gasteiger partial charge in [0.05, 0.1) is 17.0 Å². The summed E-state index contributed by atoms with van der Waals surface area (Å²) in [4.78, 5) is 31.9. The van der Waals surface area contributed by atoms with Crippen molar-refractivity contribution >= 4 is 28.4 Å². The molecule has 0 radical (unpaired) electrons. The summed E-state index contributed by atoms with van der Waals surface area (Å²) in [6, 6.07) is 18.1. The number of likely N-dealkylation sites (tertiary alicyclic amines) is 1. The minimum atomic E-state index is -0.873. The highest BCUT2D eigenvalue weighted by Crippen LogP contribution is 2.46. The molecule has 2 aliphatic heterocycles. The maximum absolute atomic E-state index is 13.2. The Balaban J connectivity index is 1.54. The Morgan fingerprint density at radius 2 is 2.07 bits per heavy atom. The first kappa shape index (κ1) is 16.5. The van der Waals surface area contributed by atoms with Crippen molar-refractivity contribution in [3.8, 4) is 6.07 Å². The number of aromatic nitrogens is 1. The fourth-order valence-electron chi connectivity index (χ4n) is 4.33. The summed E-state index contributed by atoms with van der Waals surface area (Å²) >= 11 is 0. The molecule has 3 heterocycles. The molecule has 1 aromatic heterocycles. The number of anilines is 1. The molecule has 136 valence electrons. The minimum Gasteiger partial charge on any atom is -0.325 e. The van der Waals surface area contributed by atoms with Gasteiger partial charge in [0.15, 0.2) is 0 Å². The van der Waals surface area contributed by atoms with Gasteiger partial charge < -0.3 is 10.2 Å². The van der Waals surface area contributed by atoms with Crippen LogP contribution in [0.2, 0.25) is 0 Å². The molecule has 2 atom stereocenters. The van der Waals surface area contributed by atoms with E-state index in [0.717, 1.165) is 22.2 Å². The van der Waals surface area contributed by atoms with Gasteiger partial charge in [-0.15, -0.1) is 0 Å². The van der Waals surface area contributed by atoms with Crippen molar-refractivity contribution in [1.29, 1.82) is 5.26 Å². The Morgan fingerprint density at radius 3 is 2.93 bits per heavy atom. The van der Waals surface area contributed by atoms with Crippen molar-refractivity contribution in [3.63, 3.8) is 0 Å². The van der Waals surface area contributed by atoms with Gasteiger partial charge in [0.1, 0.15) is 6.04 Å². The van der Waals surface area contributed by atoms with E-state index in [9.17, 15) is 14.9 Å². The van der Waals surface area contributed by atoms with Crippen molar-refractivity contribution in [2.45, 2.75) is 17.9 Å². The molecule has 1 spiro atoms. The number of hydrogen-bond acceptors (Lipinski definition) is 4. The monoisotopic (exact) mass is 368 g/mol. The number of benzene rings is 2. The summed E-state index contributed by atoms with van der Waals surface area (Å²) in [6.45, 7) is 0.188. The van der Waals surface area contributed by atoms with Crippen LogP contribution >= 0.6 is 0 Å². The van der Waals surface area contributed by atoms with Crippen molar-refractivity contribution < 1.29 is 9.59 Å². The number of rotatable bonds is 1. The highest BCUT2D eigenvalue weighted by atomic mass is 16.2. The second-order valence-corrected chi connectivity index (χ2v) is 7.27. The Bertz CT molecular complexity index is 1180. The molecule has 3 aromatic rings. The average Bonchev–Trinajstić information content (AvgIpc) is 3.26. The summed E-state index contributed by atoms with van der Waals surface area (Å²) < 4.78 is 0. The Labute approximate surface area is 161 Å². The average molecular weight is 368 g/mol. The van der Waals surface area contributed by atoms with Crippen LogP contribution in [0.1, 0.15) is 22.3 Å². The van der Waals surface area contributed by atoms with Crippen LogP contribution in [-0.2, 0) is 10.2 Å². The largest absolute Gasteiger partial charge is 0.325 e.